The van der Waals surface area contributed by atoms with Crippen LogP contribution < -0.4 is 33.2 Å². The lowest BCUT2D eigenvalue weighted by Gasteiger charge is -2.24. The maximum Gasteiger partial charge on any atom is 0.322 e. The van der Waals surface area contributed by atoms with Crippen molar-refractivity contribution in [3.05, 3.63) is 0 Å². The predicted octanol–water partition coefficient (Wildman–Crippen LogP) is -4.60. The Kier molecular flexibility index (Phi) is 11.6. The Hall–Kier alpha value is -3.26. The summed E-state index contributed by atoms with van der Waals surface area (Å²) in [6.45, 7) is 0.530. The third-order valence-electron chi connectivity index (χ3n) is 3.86. The van der Waals surface area contributed by atoms with Gasteiger partial charge >= 0.3 is 5.97 Å². The van der Waals surface area contributed by atoms with Gasteiger partial charge in [0.05, 0.1) is 6.10 Å². The number of carbonyl (C=O) groups is 6. The fourth-order valence-corrected chi connectivity index (χ4v) is 2.16. The molecule has 0 radical (unpaired) electrons. The van der Waals surface area contributed by atoms with Crippen LogP contribution in [0.3, 0.4) is 0 Å². The number of amides is 5. The van der Waals surface area contributed by atoms with Crippen molar-refractivity contribution in [2.45, 2.75) is 56.8 Å². The van der Waals surface area contributed by atoms with Crippen LogP contribution in [0, 0.1) is 0 Å². The highest BCUT2D eigenvalue weighted by Gasteiger charge is 2.29. The van der Waals surface area contributed by atoms with Gasteiger partial charge in [0.15, 0.2) is 0 Å². The third kappa shape index (κ3) is 10.9. The number of carboxylic acid groups (broad SMARTS) is 1. The number of aliphatic hydroxyl groups excluding tert-OH is 1. The largest absolute Gasteiger partial charge is 0.480 e. The summed E-state index contributed by atoms with van der Waals surface area (Å²) in [5, 5.41) is 24.6. The Morgan fingerprint density at radius 2 is 1.27 bits per heavy atom. The van der Waals surface area contributed by atoms with E-state index in [1.54, 1.807) is 0 Å². The van der Waals surface area contributed by atoms with Gasteiger partial charge in [0, 0.05) is 12.8 Å². The number of primary amides is 2. The maximum absolute atomic E-state index is 12.6. The molecule has 0 heterocycles. The number of hydrogen-bond donors (Lipinski definition) is 8. The van der Waals surface area contributed by atoms with Crippen LogP contribution in [0.2, 0.25) is 0 Å². The molecule has 11 N–H and O–H groups in total. The zero-order valence-corrected chi connectivity index (χ0v) is 16.4. The highest BCUT2D eigenvalue weighted by Crippen LogP contribution is 2.03. The summed E-state index contributed by atoms with van der Waals surface area (Å²) < 4.78 is 0. The molecule has 14 heteroatoms. The molecular weight excluding hydrogens is 404 g/mol. The number of aliphatic carboxylic acids is 1. The second-order valence-corrected chi connectivity index (χ2v) is 6.51. The monoisotopic (exact) mass is 432 g/mol. The first-order valence-electron chi connectivity index (χ1n) is 8.95. The van der Waals surface area contributed by atoms with Gasteiger partial charge in [-0.25, -0.2) is 0 Å². The number of aliphatic hydroxyl groups is 1. The summed E-state index contributed by atoms with van der Waals surface area (Å²) in [7, 11) is 0. The number of rotatable bonds is 14. The number of carboxylic acids is 1. The summed E-state index contributed by atoms with van der Waals surface area (Å²) in [6.07, 6.45) is -2.29. The molecule has 0 aromatic heterocycles. The van der Waals surface area contributed by atoms with E-state index in [0.717, 1.165) is 0 Å². The van der Waals surface area contributed by atoms with Crippen molar-refractivity contribution >= 4 is 35.5 Å². The average molecular weight is 432 g/mol. The molecular formula is C16H28N6O8. The van der Waals surface area contributed by atoms with E-state index >= 15 is 0 Å². The van der Waals surface area contributed by atoms with Crippen LogP contribution in [0.25, 0.3) is 0 Å². The first-order valence-corrected chi connectivity index (χ1v) is 8.95. The van der Waals surface area contributed by atoms with Crippen LogP contribution in [-0.2, 0) is 28.8 Å². The summed E-state index contributed by atoms with van der Waals surface area (Å²) >= 11 is 0. The molecule has 30 heavy (non-hydrogen) atoms. The van der Waals surface area contributed by atoms with Crippen molar-refractivity contribution in [1.29, 1.82) is 0 Å². The molecule has 5 amide bonds. The minimum atomic E-state index is -1.36. The van der Waals surface area contributed by atoms with E-state index in [0.29, 0.717) is 0 Å². The van der Waals surface area contributed by atoms with E-state index in [2.05, 4.69) is 16.0 Å². The smallest absolute Gasteiger partial charge is 0.322 e. The summed E-state index contributed by atoms with van der Waals surface area (Å²) in [4.78, 5) is 69.5. The number of hydrogen-bond acceptors (Lipinski definition) is 8. The normalized spacial score (nSPS) is 14.5. The standard InChI is InChI=1S/C16H28N6O8/c1-7(23)13(19)16(30)22-9(3-5-11(18)25)15(29)21-8(2-4-10(17)24)14(28)20-6-12(26)27/h7-9,13,23H,2-6,19H2,1H3,(H2,17,24)(H2,18,25)(H,20,28)(H,21,29)(H,22,30)(H,26,27). The molecule has 14 nitrogen and oxygen atoms in total. The fourth-order valence-electron chi connectivity index (χ4n) is 2.16. The molecule has 0 spiro atoms. The van der Waals surface area contributed by atoms with Crippen LogP contribution in [-0.4, -0.2) is 76.5 Å². The van der Waals surface area contributed by atoms with Gasteiger partial charge in [-0.15, -0.1) is 0 Å². The van der Waals surface area contributed by atoms with Crippen molar-refractivity contribution in [2.75, 3.05) is 6.54 Å². The highest BCUT2D eigenvalue weighted by atomic mass is 16.4. The van der Waals surface area contributed by atoms with Crippen molar-refractivity contribution in [3.8, 4) is 0 Å². The van der Waals surface area contributed by atoms with E-state index in [9.17, 15) is 33.9 Å². The Bertz CT molecular complexity index is 668. The van der Waals surface area contributed by atoms with Crippen LogP contribution in [0.5, 0.6) is 0 Å². The second kappa shape index (κ2) is 13.1. The molecule has 4 unspecified atom stereocenters. The summed E-state index contributed by atoms with van der Waals surface area (Å²) in [5.41, 5.74) is 15.6. The van der Waals surface area contributed by atoms with Gasteiger partial charge in [-0.3, -0.25) is 28.8 Å². The van der Waals surface area contributed by atoms with Crippen molar-refractivity contribution in [1.82, 2.24) is 16.0 Å². The molecule has 0 aromatic rings. The van der Waals surface area contributed by atoms with Gasteiger partial charge in [-0.2, -0.15) is 0 Å². The van der Waals surface area contributed by atoms with Gasteiger partial charge in [-0.1, -0.05) is 0 Å². The van der Waals surface area contributed by atoms with Gasteiger partial charge in [0.25, 0.3) is 0 Å². The second-order valence-electron chi connectivity index (χ2n) is 6.51. The number of carbonyl (C=O) groups excluding carboxylic acids is 5. The lowest BCUT2D eigenvalue weighted by molar-refractivity contribution is -0.138. The van der Waals surface area contributed by atoms with Crippen LogP contribution >= 0.6 is 0 Å². The summed E-state index contributed by atoms with van der Waals surface area (Å²) in [5.74, 6) is -5.55. The van der Waals surface area contributed by atoms with Crippen molar-refractivity contribution in [2.24, 2.45) is 17.2 Å². The van der Waals surface area contributed by atoms with Crippen molar-refractivity contribution < 1.29 is 39.0 Å². The average Bonchev–Trinajstić information content (AvgIpc) is 2.64. The first-order chi connectivity index (χ1) is 13.8. The minimum absolute atomic E-state index is 0.237. The third-order valence-corrected chi connectivity index (χ3v) is 3.86. The maximum atomic E-state index is 12.6. The molecule has 0 aliphatic heterocycles. The molecule has 0 aliphatic rings. The van der Waals surface area contributed by atoms with Crippen LogP contribution in [0.4, 0.5) is 0 Å². The number of nitrogens with one attached hydrogen (secondary N) is 3. The van der Waals surface area contributed by atoms with E-state index < -0.39 is 66.3 Å². The Morgan fingerprint density at radius 1 is 0.833 bits per heavy atom. The van der Waals surface area contributed by atoms with E-state index in [1.165, 1.54) is 6.92 Å². The van der Waals surface area contributed by atoms with E-state index in [4.69, 9.17) is 22.3 Å². The van der Waals surface area contributed by atoms with Gasteiger partial charge < -0.3 is 43.4 Å². The summed E-state index contributed by atoms with van der Waals surface area (Å²) in [6, 6.07) is -4.06. The molecule has 0 saturated heterocycles. The first kappa shape index (κ1) is 26.7. The van der Waals surface area contributed by atoms with Crippen LogP contribution in [0.15, 0.2) is 0 Å². The van der Waals surface area contributed by atoms with Crippen molar-refractivity contribution in [3.63, 3.8) is 0 Å². The Labute approximate surface area is 171 Å². The SMILES string of the molecule is CC(O)C(N)C(=O)NC(CCC(N)=O)C(=O)NC(CCC(N)=O)C(=O)NCC(=O)O. The molecule has 0 saturated carbocycles. The quantitative estimate of drug-likeness (QED) is 0.131. The minimum Gasteiger partial charge on any atom is -0.480 e. The zero-order chi connectivity index (χ0) is 23.4. The predicted molar refractivity (Wildman–Crippen MR) is 101 cm³/mol. The highest BCUT2D eigenvalue weighted by molar-refractivity contribution is 5.94. The molecule has 0 aliphatic carbocycles. The Morgan fingerprint density at radius 3 is 1.67 bits per heavy atom. The molecule has 0 aromatic carbocycles. The topological polar surface area (TPSA) is 257 Å². The van der Waals surface area contributed by atoms with Crippen LogP contribution in [0.1, 0.15) is 32.6 Å². The fraction of sp³-hybridized carbons (Fsp3) is 0.625. The molecule has 4 atom stereocenters. The van der Waals surface area contributed by atoms with E-state index in [1.807, 2.05) is 0 Å². The number of nitrogens with two attached hydrogens (primary N) is 3. The lowest BCUT2D eigenvalue weighted by atomic mass is 10.1. The molecule has 0 rings (SSSR count). The Balaban J connectivity index is 5.36. The van der Waals surface area contributed by atoms with Gasteiger partial charge in [0.1, 0.15) is 24.7 Å². The molecule has 170 valence electrons. The molecule has 0 bridgehead atoms. The van der Waals surface area contributed by atoms with E-state index in [-0.39, 0.29) is 25.7 Å². The zero-order valence-electron chi connectivity index (χ0n) is 16.4. The lowest BCUT2D eigenvalue weighted by Crippen LogP contribution is -2.57. The molecule has 0 fully saturated rings. The van der Waals surface area contributed by atoms with Gasteiger partial charge in [-0.05, 0) is 19.8 Å². The van der Waals surface area contributed by atoms with Gasteiger partial charge in [0.2, 0.25) is 29.5 Å².